The number of nitrogens with zero attached hydrogens (tertiary/aromatic N) is 2. The van der Waals surface area contributed by atoms with E-state index in [1.807, 2.05) is 0 Å². The van der Waals surface area contributed by atoms with Crippen molar-refractivity contribution in [1.29, 1.82) is 5.26 Å². The van der Waals surface area contributed by atoms with Crippen LogP contribution in [0.2, 0.25) is 0 Å². The predicted octanol–water partition coefficient (Wildman–Crippen LogP) is 1.52. The molecular formula is C15H23N3O. The van der Waals surface area contributed by atoms with Crippen LogP contribution in [0, 0.1) is 11.3 Å². The molecule has 19 heavy (non-hydrogen) atoms. The van der Waals surface area contributed by atoms with E-state index in [0.717, 1.165) is 31.5 Å². The molecule has 4 heteroatoms. The molecule has 0 heterocycles. The Morgan fingerprint density at radius 2 is 1.95 bits per heavy atom. The lowest BCUT2D eigenvalue weighted by Crippen LogP contribution is -2.23. The number of aliphatic hydroxyl groups is 1. The summed E-state index contributed by atoms with van der Waals surface area (Å²) in [4.78, 5) is 2.17. The predicted molar refractivity (Wildman–Crippen MR) is 76.8 cm³/mol. The summed E-state index contributed by atoms with van der Waals surface area (Å²) in [5.41, 5.74) is 1.47. The molecule has 1 aromatic carbocycles. The van der Waals surface area contributed by atoms with Crippen LogP contribution in [0.25, 0.3) is 0 Å². The van der Waals surface area contributed by atoms with Gasteiger partial charge in [-0.2, -0.15) is 5.26 Å². The van der Waals surface area contributed by atoms with Gasteiger partial charge in [0.05, 0.1) is 17.7 Å². The third-order valence-corrected chi connectivity index (χ3v) is 2.97. The van der Waals surface area contributed by atoms with E-state index in [1.54, 1.807) is 24.3 Å². The molecule has 0 bridgehead atoms. The van der Waals surface area contributed by atoms with E-state index in [2.05, 4.69) is 30.4 Å². The van der Waals surface area contributed by atoms with Crippen molar-refractivity contribution < 1.29 is 5.11 Å². The highest BCUT2D eigenvalue weighted by Crippen LogP contribution is 2.12. The molecule has 0 spiro atoms. The van der Waals surface area contributed by atoms with Gasteiger partial charge in [0.2, 0.25) is 0 Å². The van der Waals surface area contributed by atoms with Gasteiger partial charge in [-0.15, -0.1) is 0 Å². The first kappa shape index (κ1) is 15.6. The number of aliphatic hydroxyl groups excluding tert-OH is 1. The first-order valence-electron chi connectivity index (χ1n) is 6.67. The molecule has 2 N–H and O–H groups in total. The van der Waals surface area contributed by atoms with Gasteiger partial charge in [-0.1, -0.05) is 12.1 Å². The maximum Gasteiger partial charge on any atom is 0.0991 e. The van der Waals surface area contributed by atoms with Crippen LogP contribution in [-0.2, 0) is 0 Å². The Balaban J connectivity index is 2.20. The van der Waals surface area contributed by atoms with E-state index in [9.17, 15) is 5.11 Å². The van der Waals surface area contributed by atoms with Gasteiger partial charge in [-0.05, 0) is 57.7 Å². The fourth-order valence-electron chi connectivity index (χ4n) is 1.81. The van der Waals surface area contributed by atoms with Gasteiger partial charge in [0.15, 0.2) is 0 Å². The second kappa shape index (κ2) is 8.65. The monoisotopic (exact) mass is 261 g/mol. The molecule has 0 aliphatic heterocycles. The van der Waals surface area contributed by atoms with E-state index in [-0.39, 0.29) is 0 Å². The van der Waals surface area contributed by atoms with Crippen molar-refractivity contribution in [3.05, 3.63) is 35.4 Å². The smallest absolute Gasteiger partial charge is 0.0991 e. The Morgan fingerprint density at radius 1 is 1.26 bits per heavy atom. The van der Waals surface area contributed by atoms with Crippen LogP contribution in [0.5, 0.6) is 0 Å². The lowest BCUT2D eigenvalue weighted by atomic mass is 10.1. The minimum absolute atomic E-state index is 0.512. The van der Waals surface area contributed by atoms with E-state index in [4.69, 9.17) is 5.26 Å². The van der Waals surface area contributed by atoms with Crippen molar-refractivity contribution in [1.82, 2.24) is 10.2 Å². The zero-order chi connectivity index (χ0) is 14.1. The summed E-state index contributed by atoms with van der Waals surface area (Å²) >= 11 is 0. The first-order chi connectivity index (χ1) is 9.13. The third kappa shape index (κ3) is 6.35. The molecular weight excluding hydrogens is 238 g/mol. The van der Waals surface area contributed by atoms with Gasteiger partial charge in [-0.25, -0.2) is 0 Å². The second-order valence-corrected chi connectivity index (χ2v) is 4.96. The SMILES string of the molecule is CN(C)CCCCNCC(O)c1ccc(C#N)cc1. The lowest BCUT2D eigenvalue weighted by Gasteiger charge is -2.13. The first-order valence-corrected chi connectivity index (χ1v) is 6.67. The molecule has 0 radical (unpaired) electrons. The normalized spacial score (nSPS) is 12.4. The highest BCUT2D eigenvalue weighted by molar-refractivity contribution is 5.32. The molecule has 0 aromatic heterocycles. The van der Waals surface area contributed by atoms with Crippen LogP contribution in [0.1, 0.15) is 30.1 Å². The van der Waals surface area contributed by atoms with E-state index in [1.165, 1.54) is 0 Å². The standard InChI is InChI=1S/C15H23N3O/c1-18(2)10-4-3-9-17-12-15(19)14-7-5-13(11-16)6-8-14/h5-8,15,17,19H,3-4,9-10,12H2,1-2H3. The van der Waals surface area contributed by atoms with Gasteiger partial charge in [-0.3, -0.25) is 0 Å². The zero-order valence-electron chi connectivity index (χ0n) is 11.8. The largest absolute Gasteiger partial charge is 0.387 e. The highest BCUT2D eigenvalue weighted by Gasteiger charge is 2.06. The molecule has 0 amide bonds. The Morgan fingerprint density at radius 3 is 2.53 bits per heavy atom. The second-order valence-electron chi connectivity index (χ2n) is 4.96. The quantitative estimate of drug-likeness (QED) is 0.697. The van der Waals surface area contributed by atoms with Crippen LogP contribution in [-0.4, -0.2) is 43.7 Å². The van der Waals surface area contributed by atoms with Crippen molar-refractivity contribution in [2.45, 2.75) is 18.9 Å². The van der Waals surface area contributed by atoms with E-state index >= 15 is 0 Å². The van der Waals surface area contributed by atoms with Crippen molar-refractivity contribution in [3.8, 4) is 6.07 Å². The molecule has 4 nitrogen and oxygen atoms in total. The lowest BCUT2D eigenvalue weighted by molar-refractivity contribution is 0.174. The summed E-state index contributed by atoms with van der Waals surface area (Å²) < 4.78 is 0. The van der Waals surface area contributed by atoms with Crippen molar-refractivity contribution in [2.75, 3.05) is 33.7 Å². The fraction of sp³-hybridized carbons (Fsp3) is 0.533. The summed E-state index contributed by atoms with van der Waals surface area (Å²) in [6.45, 7) is 2.56. The van der Waals surface area contributed by atoms with Crippen molar-refractivity contribution in [2.24, 2.45) is 0 Å². The minimum Gasteiger partial charge on any atom is -0.387 e. The number of nitrogens with one attached hydrogen (secondary N) is 1. The van der Waals surface area contributed by atoms with Crippen molar-refractivity contribution in [3.63, 3.8) is 0 Å². The van der Waals surface area contributed by atoms with E-state index < -0.39 is 6.10 Å². The molecule has 1 aromatic rings. The van der Waals surface area contributed by atoms with Gasteiger partial charge in [0.1, 0.15) is 0 Å². The summed E-state index contributed by atoms with van der Waals surface area (Å²) in [7, 11) is 4.14. The van der Waals surface area contributed by atoms with Crippen LogP contribution < -0.4 is 5.32 Å². The Hall–Kier alpha value is -1.41. The molecule has 1 atom stereocenters. The Bertz CT molecular complexity index is 395. The van der Waals surface area contributed by atoms with Crippen LogP contribution in [0.15, 0.2) is 24.3 Å². The molecule has 1 rings (SSSR count). The number of hydrogen-bond acceptors (Lipinski definition) is 4. The van der Waals surface area contributed by atoms with Crippen LogP contribution in [0.3, 0.4) is 0 Å². The van der Waals surface area contributed by atoms with E-state index in [0.29, 0.717) is 12.1 Å². The molecule has 0 aliphatic carbocycles. The number of hydrogen-bond donors (Lipinski definition) is 2. The summed E-state index contributed by atoms with van der Waals surface area (Å²) in [6.07, 6.45) is 1.76. The van der Waals surface area contributed by atoms with Crippen molar-refractivity contribution >= 4 is 0 Å². The number of nitriles is 1. The highest BCUT2D eigenvalue weighted by atomic mass is 16.3. The number of rotatable bonds is 8. The molecule has 0 saturated heterocycles. The number of benzene rings is 1. The summed E-state index contributed by atoms with van der Waals surface area (Å²) in [6, 6.07) is 9.14. The zero-order valence-corrected chi connectivity index (χ0v) is 11.8. The van der Waals surface area contributed by atoms with Crippen LogP contribution >= 0.6 is 0 Å². The molecule has 0 aliphatic rings. The summed E-state index contributed by atoms with van der Waals surface area (Å²) in [5.74, 6) is 0. The number of unbranched alkanes of at least 4 members (excludes halogenated alkanes) is 1. The minimum atomic E-state index is -0.512. The topological polar surface area (TPSA) is 59.3 Å². The van der Waals surface area contributed by atoms with Gasteiger partial charge < -0.3 is 15.3 Å². The average Bonchev–Trinajstić information content (AvgIpc) is 2.42. The molecule has 0 saturated carbocycles. The van der Waals surface area contributed by atoms with Gasteiger partial charge >= 0.3 is 0 Å². The molecule has 1 unspecified atom stereocenters. The van der Waals surface area contributed by atoms with Gasteiger partial charge in [0, 0.05) is 6.54 Å². The van der Waals surface area contributed by atoms with Gasteiger partial charge in [0.25, 0.3) is 0 Å². The summed E-state index contributed by atoms with van der Waals surface area (Å²) in [5, 5.41) is 21.9. The Kier molecular flexibility index (Phi) is 7.12. The average molecular weight is 261 g/mol. The third-order valence-electron chi connectivity index (χ3n) is 2.97. The fourth-order valence-corrected chi connectivity index (χ4v) is 1.81. The van der Waals surface area contributed by atoms with Crippen LogP contribution in [0.4, 0.5) is 0 Å². The maximum absolute atomic E-state index is 9.98. The molecule has 0 fully saturated rings. The Labute approximate surface area is 115 Å². The molecule has 104 valence electrons. The maximum atomic E-state index is 9.98.